The highest BCUT2D eigenvalue weighted by Crippen LogP contribution is 2.04. The molecule has 0 amide bonds. The molecule has 2 atom stereocenters. The zero-order valence-corrected chi connectivity index (χ0v) is 25.1. The van der Waals surface area contributed by atoms with Gasteiger partial charge in [-0.3, -0.25) is 9.59 Å². The Morgan fingerprint density at radius 2 is 0.821 bits per heavy atom. The second-order valence-electron chi connectivity index (χ2n) is 9.20. The minimum Gasteiger partial charge on any atom is -0.463 e. The molecule has 0 aromatic rings. The first-order valence-electron chi connectivity index (χ1n) is 15.0. The van der Waals surface area contributed by atoms with Gasteiger partial charge in [0.2, 0.25) is 0 Å². The van der Waals surface area contributed by atoms with E-state index in [1.54, 1.807) is 0 Å². The largest absolute Gasteiger partial charge is 0.463 e. The topological polar surface area (TPSA) is 108 Å². The Kier molecular flexibility index (Phi) is 28.7. The number of carbonyl (C=O) groups excluding carboxylic acids is 2. The summed E-state index contributed by atoms with van der Waals surface area (Å²) in [6, 6.07) is 0. The number of hydrogen-bond acceptors (Lipinski definition) is 10. The van der Waals surface area contributed by atoms with Crippen LogP contribution < -0.4 is 0 Å². The van der Waals surface area contributed by atoms with E-state index >= 15 is 0 Å². The zero-order chi connectivity index (χ0) is 28.8. The van der Waals surface area contributed by atoms with Gasteiger partial charge in [-0.15, -0.1) is 0 Å². The highest BCUT2D eigenvalue weighted by molar-refractivity contribution is 5.72. The Hall–Kier alpha value is -1.30. The lowest BCUT2D eigenvalue weighted by atomic mass is 10.2. The maximum Gasteiger partial charge on any atom is 0.305 e. The van der Waals surface area contributed by atoms with Gasteiger partial charge in [0.05, 0.1) is 26.4 Å². The highest BCUT2D eigenvalue weighted by atomic mass is 16.7. The normalized spacial score (nSPS) is 12.8. The molecular weight excluding hydrogens is 508 g/mol. The minimum atomic E-state index is -0.474. The number of unbranched alkanes of at least 4 members (excludes halogenated alkanes) is 4. The van der Waals surface area contributed by atoms with Gasteiger partial charge in [-0.1, -0.05) is 53.4 Å². The van der Waals surface area contributed by atoms with Gasteiger partial charge in [0.15, 0.2) is 12.6 Å². The smallest absolute Gasteiger partial charge is 0.305 e. The summed E-state index contributed by atoms with van der Waals surface area (Å²) >= 11 is 0. The van der Waals surface area contributed by atoms with Crippen molar-refractivity contribution in [3.8, 4) is 0 Å². The van der Waals surface area contributed by atoms with Crippen molar-refractivity contribution in [2.45, 2.75) is 111 Å². The molecule has 10 nitrogen and oxygen atoms in total. The lowest BCUT2D eigenvalue weighted by Gasteiger charge is -2.19. The van der Waals surface area contributed by atoms with Crippen molar-refractivity contribution >= 4 is 11.9 Å². The van der Waals surface area contributed by atoms with E-state index in [1.807, 2.05) is 0 Å². The molecular formula is C29H56O10. The molecule has 0 saturated heterocycles. The number of hydrogen-bond donors (Lipinski definition) is 0. The van der Waals surface area contributed by atoms with Gasteiger partial charge in [-0.2, -0.15) is 0 Å². The maximum atomic E-state index is 12.0. The van der Waals surface area contributed by atoms with Crippen LogP contribution in [0.3, 0.4) is 0 Å². The van der Waals surface area contributed by atoms with E-state index < -0.39 is 12.6 Å². The third kappa shape index (κ3) is 26.7. The van der Waals surface area contributed by atoms with Crippen molar-refractivity contribution in [3.63, 3.8) is 0 Å². The van der Waals surface area contributed by atoms with E-state index in [4.69, 9.17) is 37.9 Å². The molecule has 0 fully saturated rings. The summed E-state index contributed by atoms with van der Waals surface area (Å²) < 4.78 is 44.3. The summed E-state index contributed by atoms with van der Waals surface area (Å²) in [6.45, 7) is 12.3. The van der Waals surface area contributed by atoms with Crippen molar-refractivity contribution in [3.05, 3.63) is 0 Å². The molecule has 0 spiro atoms. The van der Waals surface area contributed by atoms with Crippen LogP contribution in [-0.2, 0) is 47.5 Å². The Balaban J connectivity index is 3.96. The number of esters is 2. The Morgan fingerprint density at radius 1 is 0.462 bits per heavy atom. The van der Waals surface area contributed by atoms with Gasteiger partial charge in [-0.05, 0) is 32.1 Å². The summed E-state index contributed by atoms with van der Waals surface area (Å²) in [4.78, 5) is 23.9. The van der Waals surface area contributed by atoms with Crippen LogP contribution in [0.25, 0.3) is 0 Å². The van der Waals surface area contributed by atoms with Gasteiger partial charge in [0.1, 0.15) is 13.2 Å². The lowest BCUT2D eigenvalue weighted by molar-refractivity contribution is -0.182. The summed E-state index contributed by atoms with van der Waals surface area (Å²) in [6.07, 6.45) is 7.72. The van der Waals surface area contributed by atoms with Gasteiger partial charge in [-0.25, -0.2) is 0 Å². The molecule has 0 aliphatic rings. The number of carbonyl (C=O) groups is 2. The average Bonchev–Trinajstić information content (AvgIpc) is 2.93. The fourth-order valence-corrected chi connectivity index (χ4v) is 3.05. The van der Waals surface area contributed by atoms with Crippen LogP contribution in [0, 0.1) is 0 Å². The molecule has 0 bridgehead atoms. The van der Waals surface area contributed by atoms with E-state index in [0.717, 1.165) is 51.4 Å². The van der Waals surface area contributed by atoms with Gasteiger partial charge in [0, 0.05) is 39.3 Å². The Morgan fingerprint density at radius 3 is 1.21 bits per heavy atom. The van der Waals surface area contributed by atoms with Gasteiger partial charge in [0.25, 0.3) is 0 Å². The Bertz CT molecular complexity index is 500. The molecule has 10 heteroatoms. The summed E-state index contributed by atoms with van der Waals surface area (Å²) in [7, 11) is 0. The van der Waals surface area contributed by atoms with E-state index in [-0.39, 0.29) is 51.2 Å². The monoisotopic (exact) mass is 564 g/mol. The molecule has 232 valence electrons. The van der Waals surface area contributed by atoms with Crippen LogP contribution in [-0.4, -0.2) is 90.6 Å². The molecule has 0 aromatic carbocycles. The minimum absolute atomic E-state index is 0.118. The van der Waals surface area contributed by atoms with Gasteiger partial charge < -0.3 is 37.9 Å². The summed E-state index contributed by atoms with van der Waals surface area (Å²) in [5, 5.41) is 0. The molecule has 0 heterocycles. The molecule has 39 heavy (non-hydrogen) atoms. The summed E-state index contributed by atoms with van der Waals surface area (Å²) in [5.41, 5.74) is 0. The first-order valence-corrected chi connectivity index (χ1v) is 15.0. The molecule has 0 radical (unpaired) electrons. The molecule has 0 rings (SSSR count). The van der Waals surface area contributed by atoms with Crippen LogP contribution in [0.1, 0.15) is 98.3 Å². The second-order valence-corrected chi connectivity index (χ2v) is 9.20. The van der Waals surface area contributed by atoms with Crippen molar-refractivity contribution in [2.24, 2.45) is 0 Å². The average molecular weight is 565 g/mol. The standard InChI is InChI=1S/C29H56O10/c1-5-9-16-32-24-28(36-18-11-7-3)38-22-20-34-26(30)14-13-15-27(31)35-21-23-39-29(37-19-12-8-4)25-33-17-10-6-2/h28-29H,5-25H2,1-4H3. The SMILES string of the molecule is CCCCOCC(OCCCC)OCCOC(=O)CCCC(=O)OCCOC(COCCCC)OCCCC. The third-order valence-electron chi connectivity index (χ3n) is 5.46. The van der Waals surface area contributed by atoms with Crippen LogP contribution in [0.15, 0.2) is 0 Å². The molecule has 0 saturated carbocycles. The molecule has 0 N–H and O–H groups in total. The van der Waals surface area contributed by atoms with Crippen LogP contribution in [0.4, 0.5) is 0 Å². The number of ether oxygens (including phenoxy) is 8. The van der Waals surface area contributed by atoms with Crippen LogP contribution >= 0.6 is 0 Å². The summed E-state index contributed by atoms with van der Waals surface area (Å²) in [5.74, 6) is -0.764. The van der Waals surface area contributed by atoms with Gasteiger partial charge >= 0.3 is 11.9 Å². The third-order valence-corrected chi connectivity index (χ3v) is 5.46. The predicted octanol–water partition coefficient (Wildman–Crippen LogP) is 5.20. The zero-order valence-electron chi connectivity index (χ0n) is 25.1. The highest BCUT2D eigenvalue weighted by Gasteiger charge is 2.13. The van der Waals surface area contributed by atoms with E-state index in [2.05, 4.69) is 27.7 Å². The predicted molar refractivity (Wildman–Crippen MR) is 148 cm³/mol. The van der Waals surface area contributed by atoms with Crippen molar-refractivity contribution in [2.75, 3.05) is 66.1 Å². The quantitative estimate of drug-likeness (QED) is 0.0656. The van der Waals surface area contributed by atoms with Crippen molar-refractivity contribution < 1.29 is 47.5 Å². The maximum absolute atomic E-state index is 12.0. The van der Waals surface area contributed by atoms with Crippen molar-refractivity contribution in [1.82, 2.24) is 0 Å². The van der Waals surface area contributed by atoms with E-state index in [0.29, 0.717) is 46.1 Å². The number of rotatable bonds is 30. The van der Waals surface area contributed by atoms with E-state index in [1.165, 1.54) is 0 Å². The Labute approximate surface area is 236 Å². The first-order chi connectivity index (χ1) is 19.1. The second kappa shape index (κ2) is 29.7. The van der Waals surface area contributed by atoms with E-state index in [9.17, 15) is 9.59 Å². The lowest BCUT2D eigenvalue weighted by Crippen LogP contribution is -2.26. The first kappa shape index (κ1) is 37.7. The fourth-order valence-electron chi connectivity index (χ4n) is 3.05. The molecule has 0 aromatic heterocycles. The fraction of sp³-hybridized carbons (Fsp3) is 0.931. The molecule has 0 aliphatic heterocycles. The van der Waals surface area contributed by atoms with Crippen LogP contribution in [0.2, 0.25) is 0 Å². The molecule has 0 aliphatic carbocycles. The molecule has 2 unspecified atom stereocenters. The van der Waals surface area contributed by atoms with Crippen molar-refractivity contribution in [1.29, 1.82) is 0 Å². The van der Waals surface area contributed by atoms with Crippen LogP contribution in [0.5, 0.6) is 0 Å².